The van der Waals surface area contributed by atoms with Gasteiger partial charge in [0.25, 0.3) is 20.2 Å². The molecule has 0 aromatic heterocycles. The first kappa shape index (κ1) is 26.5. The molecule has 1 aliphatic carbocycles. The predicted octanol–water partition coefficient (Wildman–Crippen LogP) is 4.67. The highest BCUT2D eigenvalue weighted by Gasteiger charge is 2.24. The Morgan fingerprint density at radius 2 is 1.11 bits per heavy atom. The lowest BCUT2D eigenvalue weighted by atomic mass is 9.93. The van der Waals surface area contributed by atoms with Crippen molar-refractivity contribution in [1.82, 2.24) is 4.90 Å². The SMILES string of the molecule is CCCCN1C(c2ccc(S(=O)(=O)O)cc2)=CC(=C2C=CC(=O)C=C2)C=C1c1ccc(S(=O)(=O)O)cc1. The van der Waals surface area contributed by atoms with Crippen LogP contribution in [-0.4, -0.2) is 43.2 Å². The van der Waals surface area contributed by atoms with Gasteiger partial charge in [-0.05, 0) is 77.3 Å². The second-order valence-corrected chi connectivity index (χ2v) is 11.4. The average Bonchev–Trinajstić information content (AvgIpc) is 2.86. The van der Waals surface area contributed by atoms with E-state index in [1.165, 1.54) is 36.4 Å². The largest absolute Gasteiger partial charge is 0.340 e. The van der Waals surface area contributed by atoms with Gasteiger partial charge < -0.3 is 4.90 Å². The maximum absolute atomic E-state index is 11.7. The monoisotopic (exact) mass is 539 g/mol. The molecule has 2 aromatic rings. The third kappa shape index (κ3) is 6.05. The van der Waals surface area contributed by atoms with Crippen LogP contribution in [0.1, 0.15) is 30.9 Å². The summed E-state index contributed by atoms with van der Waals surface area (Å²) >= 11 is 0. The fraction of sp³-hybridized carbons (Fsp3) is 0.148. The molecule has 1 aliphatic heterocycles. The summed E-state index contributed by atoms with van der Waals surface area (Å²) in [6.45, 7) is 2.67. The van der Waals surface area contributed by atoms with E-state index in [0.717, 1.165) is 35.4 Å². The number of nitrogens with zero attached hydrogens (tertiary/aromatic N) is 1. The van der Waals surface area contributed by atoms with Gasteiger partial charge >= 0.3 is 0 Å². The standard InChI is InChI=1S/C27H25NO7S2/c1-2-3-16-28-26(20-6-12-24(13-7-20)36(30,31)32)17-22(19-4-10-23(29)11-5-19)18-27(28)21-8-14-25(15-9-21)37(33,34)35/h4-15,17-18H,2-3,16H2,1H3,(H,30,31,32)(H,33,34,35). The number of carbonyl (C=O) groups excluding carboxylic acids is 1. The van der Waals surface area contributed by atoms with Crippen LogP contribution >= 0.6 is 0 Å². The minimum Gasteiger partial charge on any atom is -0.340 e. The number of rotatable bonds is 7. The lowest BCUT2D eigenvalue weighted by Gasteiger charge is -2.34. The second-order valence-electron chi connectivity index (χ2n) is 8.54. The second kappa shape index (κ2) is 10.4. The van der Waals surface area contributed by atoms with Crippen LogP contribution in [-0.2, 0) is 25.0 Å². The summed E-state index contributed by atoms with van der Waals surface area (Å²) in [5, 5.41) is 0. The summed E-state index contributed by atoms with van der Waals surface area (Å²) in [5.41, 5.74) is 4.48. The molecular weight excluding hydrogens is 514 g/mol. The van der Waals surface area contributed by atoms with Crippen molar-refractivity contribution in [3.8, 4) is 0 Å². The number of carbonyl (C=O) groups is 1. The molecule has 0 unspecified atom stereocenters. The number of hydrogen-bond donors (Lipinski definition) is 2. The predicted molar refractivity (Wildman–Crippen MR) is 140 cm³/mol. The lowest BCUT2D eigenvalue weighted by Crippen LogP contribution is -2.25. The van der Waals surface area contributed by atoms with Gasteiger partial charge in [0.15, 0.2) is 5.78 Å². The Morgan fingerprint density at radius 3 is 1.49 bits per heavy atom. The smallest absolute Gasteiger partial charge is 0.294 e. The van der Waals surface area contributed by atoms with E-state index in [1.807, 2.05) is 12.2 Å². The first-order valence-electron chi connectivity index (χ1n) is 11.5. The molecular formula is C27H25NO7S2. The zero-order chi connectivity index (χ0) is 26.8. The van der Waals surface area contributed by atoms with E-state index >= 15 is 0 Å². The van der Waals surface area contributed by atoms with Crippen molar-refractivity contribution >= 4 is 37.4 Å². The highest BCUT2D eigenvalue weighted by atomic mass is 32.2. The van der Waals surface area contributed by atoms with Crippen molar-refractivity contribution in [2.75, 3.05) is 6.54 Å². The molecule has 2 aliphatic rings. The quantitative estimate of drug-likeness (QED) is 0.486. The zero-order valence-electron chi connectivity index (χ0n) is 19.9. The highest BCUT2D eigenvalue weighted by molar-refractivity contribution is 7.86. The molecule has 4 rings (SSSR count). The van der Waals surface area contributed by atoms with Crippen LogP contribution in [0.4, 0.5) is 0 Å². The van der Waals surface area contributed by atoms with Gasteiger partial charge in [-0.25, -0.2) is 0 Å². The molecule has 0 fully saturated rings. The molecule has 0 spiro atoms. The van der Waals surface area contributed by atoms with Crippen molar-refractivity contribution in [1.29, 1.82) is 0 Å². The average molecular weight is 540 g/mol. The summed E-state index contributed by atoms with van der Waals surface area (Å²) in [4.78, 5) is 13.3. The maximum atomic E-state index is 11.7. The molecule has 8 nitrogen and oxygen atoms in total. The van der Waals surface area contributed by atoms with Crippen LogP contribution in [0.15, 0.2) is 106 Å². The molecule has 0 amide bonds. The third-order valence-corrected chi connectivity index (χ3v) is 7.72. The topological polar surface area (TPSA) is 129 Å². The van der Waals surface area contributed by atoms with Gasteiger partial charge in [0.1, 0.15) is 0 Å². The first-order valence-corrected chi connectivity index (χ1v) is 14.4. The summed E-state index contributed by atoms with van der Waals surface area (Å²) in [7, 11) is -8.71. The van der Waals surface area contributed by atoms with Crippen molar-refractivity contribution in [2.45, 2.75) is 29.6 Å². The fourth-order valence-electron chi connectivity index (χ4n) is 4.07. The number of allylic oxidation sites excluding steroid dienone is 8. The van der Waals surface area contributed by atoms with Crippen LogP contribution in [0, 0.1) is 0 Å². The molecule has 0 radical (unpaired) electrons. The minimum atomic E-state index is -4.35. The number of benzene rings is 2. The summed E-state index contributed by atoms with van der Waals surface area (Å²) in [6.07, 6.45) is 12.0. The Morgan fingerprint density at radius 1 is 0.676 bits per heavy atom. The first-order chi connectivity index (χ1) is 17.5. The van der Waals surface area contributed by atoms with E-state index in [2.05, 4.69) is 11.8 Å². The van der Waals surface area contributed by atoms with Crippen LogP contribution in [0.2, 0.25) is 0 Å². The Hall–Kier alpha value is -3.57. The fourth-order valence-corrected chi connectivity index (χ4v) is 5.03. The van der Waals surface area contributed by atoms with E-state index in [0.29, 0.717) is 17.7 Å². The third-order valence-electron chi connectivity index (χ3n) is 5.98. The van der Waals surface area contributed by atoms with Crippen LogP contribution in [0.3, 0.4) is 0 Å². The Labute approximate surface area is 216 Å². The highest BCUT2D eigenvalue weighted by Crippen LogP contribution is 2.37. The Kier molecular flexibility index (Phi) is 7.47. The van der Waals surface area contributed by atoms with E-state index in [1.54, 1.807) is 36.4 Å². The van der Waals surface area contributed by atoms with Crippen molar-refractivity contribution in [3.63, 3.8) is 0 Å². The molecule has 0 bridgehead atoms. The normalized spacial score (nSPS) is 16.2. The Balaban J connectivity index is 1.90. The molecule has 0 saturated carbocycles. The minimum absolute atomic E-state index is 0.125. The maximum Gasteiger partial charge on any atom is 0.294 e. The Bertz CT molecular complexity index is 1480. The molecule has 192 valence electrons. The van der Waals surface area contributed by atoms with Gasteiger partial charge in [0, 0.05) is 17.9 Å². The molecule has 10 heteroatoms. The van der Waals surface area contributed by atoms with Crippen LogP contribution in [0.25, 0.3) is 11.4 Å². The van der Waals surface area contributed by atoms with E-state index in [9.17, 15) is 30.7 Å². The molecule has 37 heavy (non-hydrogen) atoms. The lowest BCUT2D eigenvalue weighted by molar-refractivity contribution is -0.110. The van der Waals surface area contributed by atoms with E-state index < -0.39 is 20.2 Å². The van der Waals surface area contributed by atoms with E-state index in [4.69, 9.17) is 0 Å². The van der Waals surface area contributed by atoms with Crippen molar-refractivity contribution in [3.05, 3.63) is 107 Å². The van der Waals surface area contributed by atoms with E-state index in [-0.39, 0.29) is 15.6 Å². The summed E-state index contributed by atoms with van der Waals surface area (Å²) in [6, 6.07) is 11.7. The van der Waals surface area contributed by atoms with Crippen molar-refractivity contribution in [2.24, 2.45) is 0 Å². The number of ketones is 1. The van der Waals surface area contributed by atoms with Crippen LogP contribution in [0.5, 0.6) is 0 Å². The molecule has 2 N–H and O–H groups in total. The molecule has 0 atom stereocenters. The van der Waals surface area contributed by atoms with Gasteiger partial charge in [0.2, 0.25) is 0 Å². The van der Waals surface area contributed by atoms with Gasteiger partial charge in [0.05, 0.1) is 9.79 Å². The number of unbranched alkanes of at least 4 members (excludes halogenated alkanes) is 1. The molecule has 1 heterocycles. The van der Waals surface area contributed by atoms with Gasteiger partial charge in [-0.3, -0.25) is 13.9 Å². The molecule has 0 saturated heterocycles. The van der Waals surface area contributed by atoms with Crippen molar-refractivity contribution < 1.29 is 30.7 Å². The zero-order valence-corrected chi connectivity index (χ0v) is 21.5. The van der Waals surface area contributed by atoms with Gasteiger partial charge in [-0.2, -0.15) is 16.8 Å². The van der Waals surface area contributed by atoms with Crippen LogP contribution < -0.4 is 0 Å². The van der Waals surface area contributed by atoms with Gasteiger partial charge in [-0.15, -0.1) is 0 Å². The summed E-state index contributed by atoms with van der Waals surface area (Å²) in [5.74, 6) is -0.125. The number of hydrogen-bond acceptors (Lipinski definition) is 6. The molecule has 2 aromatic carbocycles. The summed E-state index contributed by atoms with van der Waals surface area (Å²) < 4.78 is 65.0. The van der Waals surface area contributed by atoms with Gasteiger partial charge in [-0.1, -0.05) is 49.8 Å².